The summed E-state index contributed by atoms with van der Waals surface area (Å²) >= 11 is 0. The van der Waals surface area contributed by atoms with Crippen molar-refractivity contribution in [2.45, 2.75) is 58.4 Å². The van der Waals surface area contributed by atoms with Gasteiger partial charge in [0, 0.05) is 31.9 Å². The SMILES string of the molecule is CCC1CCCCN1C(=O)c1cncc(N2CCC(C)CC2)c1. The molecule has 3 heterocycles. The quantitative estimate of drug-likeness (QED) is 0.853. The topological polar surface area (TPSA) is 36.4 Å². The van der Waals surface area contributed by atoms with E-state index in [1.807, 2.05) is 12.3 Å². The zero-order chi connectivity index (χ0) is 16.2. The molecule has 3 rings (SSSR count). The fraction of sp³-hybridized carbons (Fsp3) is 0.684. The van der Waals surface area contributed by atoms with E-state index in [-0.39, 0.29) is 5.91 Å². The molecule has 1 atom stereocenters. The van der Waals surface area contributed by atoms with Crippen molar-refractivity contribution in [3.8, 4) is 0 Å². The van der Waals surface area contributed by atoms with Crippen LogP contribution < -0.4 is 4.90 Å². The third kappa shape index (κ3) is 3.67. The lowest BCUT2D eigenvalue weighted by Gasteiger charge is -2.35. The molecule has 4 heteroatoms. The van der Waals surface area contributed by atoms with Crippen LogP contribution in [0.4, 0.5) is 5.69 Å². The van der Waals surface area contributed by atoms with Crippen LogP contribution in [0.2, 0.25) is 0 Å². The van der Waals surface area contributed by atoms with Crippen LogP contribution in [0.25, 0.3) is 0 Å². The van der Waals surface area contributed by atoms with Gasteiger partial charge in [-0.3, -0.25) is 9.78 Å². The fourth-order valence-corrected chi connectivity index (χ4v) is 3.84. The lowest BCUT2D eigenvalue weighted by Crippen LogP contribution is -2.43. The van der Waals surface area contributed by atoms with Gasteiger partial charge in [-0.1, -0.05) is 13.8 Å². The summed E-state index contributed by atoms with van der Waals surface area (Å²) in [5.41, 5.74) is 1.86. The van der Waals surface area contributed by atoms with Crippen LogP contribution in [0.5, 0.6) is 0 Å². The number of pyridine rings is 1. The first-order valence-electron chi connectivity index (χ1n) is 9.20. The third-order valence-corrected chi connectivity index (χ3v) is 5.48. The zero-order valence-electron chi connectivity index (χ0n) is 14.5. The van der Waals surface area contributed by atoms with E-state index >= 15 is 0 Å². The van der Waals surface area contributed by atoms with E-state index in [2.05, 4.69) is 28.6 Å². The molecule has 2 saturated heterocycles. The Morgan fingerprint density at radius 1 is 1.17 bits per heavy atom. The Hall–Kier alpha value is -1.58. The highest BCUT2D eigenvalue weighted by Gasteiger charge is 2.27. The van der Waals surface area contributed by atoms with Gasteiger partial charge < -0.3 is 9.80 Å². The fourth-order valence-electron chi connectivity index (χ4n) is 3.84. The molecule has 1 unspecified atom stereocenters. The average Bonchev–Trinajstić information content (AvgIpc) is 2.62. The second-order valence-corrected chi connectivity index (χ2v) is 7.16. The van der Waals surface area contributed by atoms with Gasteiger partial charge in [0.25, 0.3) is 5.91 Å². The second kappa shape index (κ2) is 7.33. The number of carbonyl (C=O) groups is 1. The molecule has 126 valence electrons. The molecular formula is C19H29N3O. The largest absolute Gasteiger partial charge is 0.370 e. The summed E-state index contributed by atoms with van der Waals surface area (Å²) in [6.45, 7) is 7.53. The van der Waals surface area contributed by atoms with Crippen molar-refractivity contribution in [3.63, 3.8) is 0 Å². The van der Waals surface area contributed by atoms with Gasteiger partial charge in [-0.25, -0.2) is 0 Å². The van der Waals surface area contributed by atoms with E-state index in [1.165, 1.54) is 19.3 Å². The molecule has 0 radical (unpaired) electrons. The van der Waals surface area contributed by atoms with Crippen molar-refractivity contribution in [3.05, 3.63) is 24.0 Å². The molecule has 1 amide bonds. The Kier molecular flexibility index (Phi) is 5.19. The number of hydrogen-bond donors (Lipinski definition) is 0. The first kappa shape index (κ1) is 16.3. The molecule has 4 nitrogen and oxygen atoms in total. The van der Waals surface area contributed by atoms with Crippen molar-refractivity contribution in [2.24, 2.45) is 5.92 Å². The van der Waals surface area contributed by atoms with Crippen LogP contribution in [0.15, 0.2) is 18.5 Å². The molecule has 0 N–H and O–H groups in total. The van der Waals surface area contributed by atoms with Gasteiger partial charge in [-0.15, -0.1) is 0 Å². The Morgan fingerprint density at radius 3 is 2.70 bits per heavy atom. The Morgan fingerprint density at radius 2 is 1.96 bits per heavy atom. The van der Waals surface area contributed by atoms with E-state index in [0.29, 0.717) is 6.04 Å². The van der Waals surface area contributed by atoms with Gasteiger partial charge in [0.05, 0.1) is 17.4 Å². The zero-order valence-corrected chi connectivity index (χ0v) is 14.5. The van der Waals surface area contributed by atoms with Crippen molar-refractivity contribution in [1.29, 1.82) is 0 Å². The number of hydrogen-bond acceptors (Lipinski definition) is 3. The van der Waals surface area contributed by atoms with Crippen molar-refractivity contribution < 1.29 is 4.79 Å². The maximum atomic E-state index is 12.9. The lowest BCUT2D eigenvalue weighted by atomic mass is 9.98. The molecule has 1 aromatic rings. The summed E-state index contributed by atoms with van der Waals surface area (Å²) in [4.78, 5) is 21.7. The maximum absolute atomic E-state index is 12.9. The van der Waals surface area contributed by atoms with Crippen LogP contribution in [0, 0.1) is 5.92 Å². The summed E-state index contributed by atoms with van der Waals surface area (Å²) in [5, 5.41) is 0. The molecule has 0 aromatic carbocycles. The van der Waals surface area contributed by atoms with Crippen LogP contribution in [0.3, 0.4) is 0 Å². The number of nitrogens with zero attached hydrogens (tertiary/aromatic N) is 3. The molecule has 2 aliphatic rings. The van der Waals surface area contributed by atoms with Crippen LogP contribution in [0.1, 0.15) is 62.7 Å². The number of aromatic nitrogens is 1. The number of carbonyl (C=O) groups excluding carboxylic acids is 1. The van der Waals surface area contributed by atoms with Gasteiger partial charge >= 0.3 is 0 Å². The van der Waals surface area contributed by atoms with Crippen LogP contribution >= 0.6 is 0 Å². The second-order valence-electron chi connectivity index (χ2n) is 7.16. The number of piperidine rings is 2. The average molecular weight is 315 g/mol. The van der Waals surface area contributed by atoms with E-state index < -0.39 is 0 Å². The van der Waals surface area contributed by atoms with E-state index in [0.717, 1.165) is 56.1 Å². The molecule has 2 fully saturated rings. The smallest absolute Gasteiger partial charge is 0.255 e. The minimum absolute atomic E-state index is 0.163. The summed E-state index contributed by atoms with van der Waals surface area (Å²) in [7, 11) is 0. The minimum Gasteiger partial charge on any atom is -0.370 e. The molecular weight excluding hydrogens is 286 g/mol. The monoisotopic (exact) mass is 315 g/mol. The maximum Gasteiger partial charge on any atom is 0.255 e. The highest BCUT2D eigenvalue weighted by atomic mass is 16.2. The van der Waals surface area contributed by atoms with Gasteiger partial charge in [0.2, 0.25) is 0 Å². The van der Waals surface area contributed by atoms with E-state index in [9.17, 15) is 4.79 Å². The summed E-state index contributed by atoms with van der Waals surface area (Å²) in [6.07, 6.45) is 10.6. The van der Waals surface area contributed by atoms with Gasteiger partial charge in [-0.05, 0) is 50.5 Å². The highest BCUT2D eigenvalue weighted by molar-refractivity contribution is 5.95. The van der Waals surface area contributed by atoms with Gasteiger partial charge in [0.1, 0.15) is 0 Å². The van der Waals surface area contributed by atoms with E-state index in [1.54, 1.807) is 6.20 Å². The Labute approximate surface area is 139 Å². The standard InChI is InChI=1S/C19H29N3O/c1-3-17-6-4-5-9-22(17)19(23)16-12-18(14-20-13-16)21-10-7-15(2)8-11-21/h12-15,17H,3-11H2,1-2H3. The first-order chi connectivity index (χ1) is 11.2. The summed E-state index contributed by atoms with van der Waals surface area (Å²) in [5.74, 6) is 0.971. The van der Waals surface area contributed by atoms with E-state index in [4.69, 9.17) is 0 Å². The number of likely N-dealkylation sites (tertiary alicyclic amines) is 1. The number of amides is 1. The predicted octanol–water partition coefficient (Wildman–Crippen LogP) is 3.72. The molecule has 0 aliphatic carbocycles. The molecule has 0 bridgehead atoms. The molecule has 0 saturated carbocycles. The number of rotatable bonds is 3. The van der Waals surface area contributed by atoms with Crippen molar-refractivity contribution >= 4 is 11.6 Å². The molecule has 1 aromatic heterocycles. The summed E-state index contributed by atoms with van der Waals surface area (Å²) in [6, 6.07) is 2.45. The first-order valence-corrected chi connectivity index (χ1v) is 9.20. The highest BCUT2D eigenvalue weighted by Crippen LogP contribution is 2.25. The lowest BCUT2D eigenvalue weighted by molar-refractivity contribution is 0.0607. The minimum atomic E-state index is 0.163. The van der Waals surface area contributed by atoms with Crippen LogP contribution in [-0.2, 0) is 0 Å². The van der Waals surface area contributed by atoms with Crippen molar-refractivity contribution in [2.75, 3.05) is 24.5 Å². The molecule has 0 spiro atoms. The number of anilines is 1. The molecule has 2 aliphatic heterocycles. The third-order valence-electron chi connectivity index (χ3n) is 5.48. The van der Waals surface area contributed by atoms with Gasteiger partial charge in [0.15, 0.2) is 0 Å². The van der Waals surface area contributed by atoms with Gasteiger partial charge in [-0.2, -0.15) is 0 Å². The predicted molar refractivity (Wildman–Crippen MR) is 93.8 cm³/mol. The Bertz CT molecular complexity index is 537. The Balaban J connectivity index is 1.75. The normalized spacial score (nSPS) is 23.1. The van der Waals surface area contributed by atoms with Crippen molar-refractivity contribution in [1.82, 2.24) is 9.88 Å². The van der Waals surface area contributed by atoms with Crippen LogP contribution in [-0.4, -0.2) is 41.5 Å². The summed E-state index contributed by atoms with van der Waals surface area (Å²) < 4.78 is 0. The molecule has 23 heavy (non-hydrogen) atoms.